The van der Waals surface area contributed by atoms with Gasteiger partial charge in [0.1, 0.15) is 0 Å². The van der Waals surface area contributed by atoms with E-state index in [1.807, 2.05) is 0 Å². The Morgan fingerprint density at radius 1 is 1.08 bits per heavy atom. The van der Waals surface area contributed by atoms with Crippen molar-refractivity contribution in [2.75, 3.05) is 5.73 Å². The van der Waals surface area contributed by atoms with E-state index in [0.29, 0.717) is 15.7 Å². The van der Waals surface area contributed by atoms with Gasteiger partial charge < -0.3 is 5.73 Å². The van der Waals surface area contributed by atoms with Crippen molar-refractivity contribution >= 4 is 50.5 Å². The molecule has 0 aliphatic carbocycles. The summed E-state index contributed by atoms with van der Waals surface area (Å²) in [6.45, 7) is 0. The summed E-state index contributed by atoms with van der Waals surface area (Å²) in [6, 6.07) is 8.45. The number of nitrogens with two attached hydrogens (primary N) is 1. The molecule has 3 rings (SSSR count). The van der Waals surface area contributed by atoms with Gasteiger partial charge in [0.25, 0.3) is 0 Å². The number of hydrogen-bond acceptors (Lipinski definition) is 3. The first kappa shape index (κ1) is 18.4. The molecule has 3 nitrogen and oxygen atoms in total. The quantitative estimate of drug-likeness (QED) is 0.575. The molecule has 132 valence electrons. The first-order valence-corrected chi connectivity index (χ1v) is 8.43. The standard InChI is InChI=1S/C16H10BrCl2F3N2O/c17-12-2-1-8(3-13(12)23)14-7-15(25-24-14,16(20,21)22)9-4-10(18)6-11(19)5-9/h1-7,24H,23H2. The summed E-state index contributed by atoms with van der Waals surface area (Å²) in [5.41, 5.74) is 6.14. The van der Waals surface area contributed by atoms with E-state index in [1.165, 1.54) is 12.1 Å². The van der Waals surface area contributed by atoms with Crippen molar-refractivity contribution in [2.24, 2.45) is 0 Å². The first-order valence-electron chi connectivity index (χ1n) is 6.88. The van der Waals surface area contributed by atoms with Gasteiger partial charge in [-0.15, -0.1) is 0 Å². The highest BCUT2D eigenvalue weighted by Gasteiger charge is 2.59. The summed E-state index contributed by atoms with van der Waals surface area (Å²) in [5.74, 6) is 0. The number of benzene rings is 2. The van der Waals surface area contributed by atoms with Crippen molar-refractivity contribution in [3.63, 3.8) is 0 Å². The van der Waals surface area contributed by atoms with Gasteiger partial charge in [0.15, 0.2) is 0 Å². The average molecular weight is 454 g/mol. The van der Waals surface area contributed by atoms with Gasteiger partial charge in [-0.25, -0.2) is 0 Å². The largest absolute Gasteiger partial charge is 0.428 e. The van der Waals surface area contributed by atoms with Gasteiger partial charge in [-0.3, -0.25) is 10.3 Å². The zero-order valence-corrected chi connectivity index (χ0v) is 15.4. The van der Waals surface area contributed by atoms with Crippen molar-refractivity contribution < 1.29 is 18.0 Å². The number of alkyl halides is 3. The Labute approximate surface area is 159 Å². The van der Waals surface area contributed by atoms with Crippen LogP contribution in [0.15, 0.2) is 46.9 Å². The molecule has 0 aromatic heterocycles. The number of anilines is 1. The second-order valence-corrected chi connectivity index (χ2v) is 7.12. The summed E-state index contributed by atoms with van der Waals surface area (Å²) >= 11 is 15.0. The second kappa shape index (κ2) is 6.39. The summed E-state index contributed by atoms with van der Waals surface area (Å²) in [7, 11) is 0. The number of rotatable bonds is 2. The number of halogens is 6. The fourth-order valence-corrected chi connectivity index (χ4v) is 3.24. The van der Waals surface area contributed by atoms with Crippen molar-refractivity contribution in [1.82, 2.24) is 5.48 Å². The molecule has 2 aromatic carbocycles. The van der Waals surface area contributed by atoms with Gasteiger partial charge >= 0.3 is 6.18 Å². The monoisotopic (exact) mass is 452 g/mol. The Morgan fingerprint density at radius 3 is 2.28 bits per heavy atom. The van der Waals surface area contributed by atoms with E-state index in [1.54, 1.807) is 12.1 Å². The Bertz CT molecular complexity index is 853. The summed E-state index contributed by atoms with van der Waals surface area (Å²) < 4.78 is 42.2. The van der Waals surface area contributed by atoms with Gasteiger partial charge in [-0.1, -0.05) is 29.3 Å². The van der Waals surface area contributed by atoms with Crippen LogP contribution in [-0.4, -0.2) is 6.18 Å². The van der Waals surface area contributed by atoms with Crippen molar-refractivity contribution in [1.29, 1.82) is 0 Å². The summed E-state index contributed by atoms with van der Waals surface area (Å²) in [5, 5.41) is 0.147. The highest BCUT2D eigenvalue weighted by atomic mass is 79.9. The van der Waals surface area contributed by atoms with Crippen LogP contribution in [0.3, 0.4) is 0 Å². The maximum absolute atomic E-state index is 13.9. The smallest absolute Gasteiger partial charge is 0.398 e. The number of hydroxylamine groups is 1. The predicted octanol–water partition coefficient (Wildman–Crippen LogP) is 5.67. The molecule has 0 radical (unpaired) electrons. The lowest BCUT2D eigenvalue weighted by molar-refractivity contribution is -0.269. The molecule has 1 heterocycles. The van der Waals surface area contributed by atoms with Crippen molar-refractivity contribution in [2.45, 2.75) is 11.8 Å². The van der Waals surface area contributed by atoms with Gasteiger partial charge in [0.05, 0.1) is 5.70 Å². The molecule has 1 atom stereocenters. The third-order valence-electron chi connectivity index (χ3n) is 3.69. The molecule has 0 spiro atoms. The molecule has 0 saturated carbocycles. The number of nitrogens with one attached hydrogen (secondary N) is 1. The van der Waals surface area contributed by atoms with Gasteiger partial charge in [-0.05, 0) is 52.3 Å². The fraction of sp³-hybridized carbons (Fsp3) is 0.125. The van der Waals surface area contributed by atoms with Gasteiger partial charge in [-0.2, -0.15) is 13.2 Å². The summed E-state index contributed by atoms with van der Waals surface area (Å²) in [6.07, 6.45) is -3.81. The van der Waals surface area contributed by atoms with E-state index in [2.05, 4.69) is 21.4 Å². The van der Waals surface area contributed by atoms with E-state index in [-0.39, 0.29) is 21.3 Å². The highest BCUT2D eigenvalue weighted by molar-refractivity contribution is 9.10. The zero-order chi connectivity index (χ0) is 18.4. The first-order chi connectivity index (χ1) is 11.6. The van der Waals surface area contributed by atoms with Crippen LogP contribution in [0.5, 0.6) is 0 Å². The molecule has 1 aliphatic heterocycles. The lowest BCUT2D eigenvalue weighted by Gasteiger charge is -2.28. The Morgan fingerprint density at radius 2 is 1.72 bits per heavy atom. The van der Waals surface area contributed by atoms with Gasteiger partial charge in [0, 0.05) is 31.3 Å². The Kier molecular flexibility index (Phi) is 4.70. The van der Waals surface area contributed by atoms with Crippen LogP contribution in [0.25, 0.3) is 5.70 Å². The maximum atomic E-state index is 13.9. The number of nitrogen functional groups attached to an aromatic ring is 1. The van der Waals surface area contributed by atoms with Crippen LogP contribution in [0, 0.1) is 0 Å². The third kappa shape index (κ3) is 3.33. The number of hydrogen-bond donors (Lipinski definition) is 2. The van der Waals surface area contributed by atoms with E-state index in [4.69, 9.17) is 33.8 Å². The molecule has 0 bridgehead atoms. The zero-order valence-electron chi connectivity index (χ0n) is 12.3. The minimum atomic E-state index is -4.75. The predicted molar refractivity (Wildman–Crippen MR) is 94.9 cm³/mol. The molecule has 3 N–H and O–H groups in total. The Balaban J connectivity index is 2.15. The summed E-state index contributed by atoms with van der Waals surface area (Å²) in [4.78, 5) is 5.00. The van der Waals surface area contributed by atoms with Crippen molar-refractivity contribution in [3.05, 3.63) is 68.1 Å². The van der Waals surface area contributed by atoms with E-state index in [0.717, 1.165) is 18.2 Å². The van der Waals surface area contributed by atoms with Crippen molar-refractivity contribution in [3.8, 4) is 0 Å². The van der Waals surface area contributed by atoms with Crippen LogP contribution in [-0.2, 0) is 10.4 Å². The lowest BCUT2D eigenvalue weighted by Crippen LogP contribution is -2.42. The second-order valence-electron chi connectivity index (χ2n) is 5.39. The molecule has 9 heteroatoms. The third-order valence-corrected chi connectivity index (χ3v) is 4.85. The fourth-order valence-electron chi connectivity index (χ4n) is 2.47. The van der Waals surface area contributed by atoms with Crippen LogP contribution in [0.2, 0.25) is 10.0 Å². The topological polar surface area (TPSA) is 47.3 Å². The molecule has 1 unspecified atom stereocenters. The normalized spacial score (nSPS) is 20.3. The van der Waals surface area contributed by atoms with Crippen LogP contribution in [0.4, 0.5) is 18.9 Å². The molecule has 0 amide bonds. The molecule has 0 fully saturated rings. The average Bonchev–Trinajstić information content (AvgIpc) is 2.95. The molecule has 25 heavy (non-hydrogen) atoms. The minimum absolute atomic E-state index is 0.0736. The molecular weight excluding hydrogens is 444 g/mol. The molecule has 1 aliphatic rings. The molecular formula is C16H10BrCl2F3N2O. The lowest BCUT2D eigenvalue weighted by atomic mass is 9.91. The minimum Gasteiger partial charge on any atom is -0.398 e. The van der Waals surface area contributed by atoms with Crippen LogP contribution < -0.4 is 11.2 Å². The van der Waals surface area contributed by atoms with E-state index >= 15 is 0 Å². The SMILES string of the molecule is Nc1cc(C2=CC(c3cc(Cl)cc(Cl)c3)(C(F)(F)F)ON2)ccc1Br. The van der Waals surface area contributed by atoms with Gasteiger partial charge in [0.2, 0.25) is 5.60 Å². The maximum Gasteiger partial charge on any atom is 0.428 e. The molecule has 2 aromatic rings. The van der Waals surface area contributed by atoms with E-state index < -0.39 is 11.8 Å². The van der Waals surface area contributed by atoms with E-state index in [9.17, 15) is 13.2 Å². The Hall–Kier alpha value is -1.41. The molecule has 0 saturated heterocycles. The van der Waals surface area contributed by atoms with Crippen LogP contribution >= 0.6 is 39.1 Å². The van der Waals surface area contributed by atoms with Crippen LogP contribution in [0.1, 0.15) is 11.1 Å². The highest BCUT2D eigenvalue weighted by Crippen LogP contribution is 2.48.